The monoisotopic (exact) mass is 579 g/mol. The second-order valence-electron chi connectivity index (χ2n) is 9.45. The summed E-state index contributed by atoms with van der Waals surface area (Å²) in [4.78, 5) is 27.9. The van der Waals surface area contributed by atoms with E-state index in [1.54, 1.807) is 29.5 Å². The molecule has 0 spiro atoms. The number of hydrogen-bond acceptors (Lipinski definition) is 5. The Kier molecular flexibility index (Phi) is 8.50. The molecule has 3 aromatic carbocycles. The number of aliphatic carboxylic acids is 1. The van der Waals surface area contributed by atoms with E-state index in [9.17, 15) is 9.59 Å². The molecule has 1 amide bonds. The number of carboxylic acids is 1. The Labute approximate surface area is 241 Å². The molecule has 0 saturated carbocycles. The zero-order valence-corrected chi connectivity index (χ0v) is 23.4. The number of anilines is 1. The van der Waals surface area contributed by atoms with Crippen LogP contribution in [0.2, 0.25) is 10.0 Å². The van der Waals surface area contributed by atoms with Crippen LogP contribution in [-0.2, 0) is 24.2 Å². The second kappa shape index (κ2) is 12.2. The van der Waals surface area contributed by atoms with E-state index in [-0.39, 0.29) is 18.9 Å². The maximum absolute atomic E-state index is 12.3. The van der Waals surface area contributed by atoms with Crippen LogP contribution in [0.25, 0.3) is 21.8 Å². The third kappa shape index (κ3) is 6.44. The molecular weight excluding hydrogens is 553 g/mol. The zero-order valence-electron chi connectivity index (χ0n) is 21.1. The van der Waals surface area contributed by atoms with Gasteiger partial charge in [0, 0.05) is 40.8 Å². The summed E-state index contributed by atoms with van der Waals surface area (Å²) in [6.45, 7) is 0.680. The molecule has 0 aliphatic heterocycles. The van der Waals surface area contributed by atoms with Gasteiger partial charge in [-0.3, -0.25) is 9.59 Å². The minimum Gasteiger partial charge on any atom is -0.481 e. The van der Waals surface area contributed by atoms with Crippen LogP contribution in [-0.4, -0.2) is 28.5 Å². The van der Waals surface area contributed by atoms with Crippen molar-refractivity contribution < 1.29 is 14.7 Å². The summed E-state index contributed by atoms with van der Waals surface area (Å²) in [5, 5.41) is 19.0. The van der Waals surface area contributed by atoms with Gasteiger partial charge in [-0.15, -0.1) is 11.3 Å². The summed E-state index contributed by atoms with van der Waals surface area (Å²) < 4.78 is 0. The molecule has 0 radical (unpaired) electrons. The van der Waals surface area contributed by atoms with Gasteiger partial charge in [-0.2, -0.15) is 0 Å². The minimum atomic E-state index is -0.943. The summed E-state index contributed by atoms with van der Waals surface area (Å²) in [5.74, 6) is -1.23. The number of nitrogens with one attached hydrogen (secondary N) is 2. The predicted molar refractivity (Wildman–Crippen MR) is 158 cm³/mol. The highest BCUT2D eigenvalue weighted by Crippen LogP contribution is 2.40. The molecule has 200 valence electrons. The smallest absolute Gasteiger partial charge is 0.305 e. The number of fused-ring (bicyclic) bond motifs is 1. The molecule has 4 aromatic rings. The average Bonchev–Trinajstić information content (AvgIpc) is 3.43. The zero-order chi connectivity index (χ0) is 27.4. The van der Waals surface area contributed by atoms with Crippen LogP contribution in [0.1, 0.15) is 46.3 Å². The highest BCUT2D eigenvalue weighted by atomic mass is 35.5. The molecule has 5 rings (SSSR count). The number of benzene rings is 3. The Hall–Kier alpha value is -3.39. The summed E-state index contributed by atoms with van der Waals surface area (Å²) in [6.07, 6.45) is 4.34. The van der Waals surface area contributed by atoms with Crippen molar-refractivity contribution in [2.24, 2.45) is 0 Å². The quantitative estimate of drug-likeness (QED) is 0.191. The van der Waals surface area contributed by atoms with E-state index in [2.05, 4.69) is 28.1 Å². The fourth-order valence-corrected chi connectivity index (χ4v) is 5.96. The van der Waals surface area contributed by atoms with Gasteiger partial charge < -0.3 is 15.7 Å². The first-order valence-corrected chi connectivity index (χ1v) is 14.4. The molecule has 1 aromatic heterocycles. The molecule has 0 bridgehead atoms. The largest absolute Gasteiger partial charge is 0.481 e. The van der Waals surface area contributed by atoms with E-state index in [0.717, 1.165) is 52.3 Å². The molecule has 3 N–H and O–H groups in total. The number of nitrogens with zero attached hydrogens (tertiary/aromatic N) is 1. The first kappa shape index (κ1) is 27.2. The van der Waals surface area contributed by atoms with Crippen LogP contribution in [0.15, 0.2) is 60.0 Å². The summed E-state index contributed by atoms with van der Waals surface area (Å²) in [5.41, 5.74) is 8.23. The summed E-state index contributed by atoms with van der Waals surface area (Å²) in [7, 11) is 0. The molecule has 0 unspecified atom stereocenters. The minimum absolute atomic E-state index is 0.0993. The van der Waals surface area contributed by atoms with Gasteiger partial charge >= 0.3 is 5.97 Å². The van der Waals surface area contributed by atoms with Gasteiger partial charge in [0.1, 0.15) is 5.01 Å². The van der Waals surface area contributed by atoms with Gasteiger partial charge in [0.05, 0.1) is 22.2 Å². The van der Waals surface area contributed by atoms with Gasteiger partial charge in [-0.25, -0.2) is 4.98 Å². The number of rotatable bonds is 9. The number of amides is 1. The third-order valence-electron chi connectivity index (χ3n) is 6.79. The molecule has 9 heteroatoms. The molecule has 1 aliphatic carbocycles. The number of carbonyl (C=O) groups excluding carboxylic acids is 1. The SMILES string of the molecule is O=C(O)CCNC(=O)c1ccc(CNc2ccc3c(c2-c2nc(-c4ccc(Cl)c(Cl)c4)cs2)CCCC3)cc1. The standard InChI is InChI=1S/C30H27Cl2N3O3S/c31-23-11-9-21(15-24(23)32)26-17-39-30(35-26)28-22-4-2-1-3-19(22)10-12-25(28)34-16-18-5-7-20(8-6-18)29(38)33-14-13-27(36)37/h5-12,15,17,34H,1-4,13-14,16H2,(H,33,38)(H,36,37). The van der Waals surface area contributed by atoms with E-state index in [1.165, 1.54) is 17.5 Å². The Morgan fingerprint density at radius 2 is 1.77 bits per heavy atom. The number of carbonyl (C=O) groups is 2. The third-order valence-corrected chi connectivity index (χ3v) is 8.39. The lowest BCUT2D eigenvalue weighted by molar-refractivity contribution is -0.136. The van der Waals surface area contributed by atoms with Crippen LogP contribution in [0.5, 0.6) is 0 Å². The van der Waals surface area contributed by atoms with Crippen LogP contribution in [0.3, 0.4) is 0 Å². The lowest BCUT2D eigenvalue weighted by Gasteiger charge is -2.22. The van der Waals surface area contributed by atoms with Crippen molar-refractivity contribution >= 4 is 52.1 Å². The van der Waals surface area contributed by atoms with Crippen LogP contribution >= 0.6 is 34.5 Å². The van der Waals surface area contributed by atoms with E-state index < -0.39 is 5.97 Å². The van der Waals surface area contributed by atoms with Crippen LogP contribution in [0.4, 0.5) is 5.69 Å². The van der Waals surface area contributed by atoms with Crippen molar-refractivity contribution in [3.05, 3.63) is 92.3 Å². The number of hydrogen-bond donors (Lipinski definition) is 3. The number of halogens is 2. The number of thiazole rings is 1. The molecule has 6 nitrogen and oxygen atoms in total. The highest BCUT2D eigenvalue weighted by Gasteiger charge is 2.21. The first-order chi connectivity index (χ1) is 18.9. The van der Waals surface area contributed by atoms with Gasteiger partial charge in [0.25, 0.3) is 5.91 Å². The maximum atomic E-state index is 12.3. The number of aromatic nitrogens is 1. The Bertz CT molecular complexity index is 1520. The number of aryl methyl sites for hydroxylation is 1. The lowest BCUT2D eigenvalue weighted by atomic mass is 9.87. The molecule has 1 heterocycles. The molecule has 0 fully saturated rings. The first-order valence-electron chi connectivity index (χ1n) is 12.8. The Morgan fingerprint density at radius 3 is 2.54 bits per heavy atom. The van der Waals surface area contributed by atoms with E-state index in [0.29, 0.717) is 22.2 Å². The fraction of sp³-hybridized carbons (Fsp3) is 0.233. The Balaban J connectivity index is 1.36. The van der Waals surface area contributed by atoms with Gasteiger partial charge in [0.2, 0.25) is 0 Å². The molecular formula is C30H27Cl2N3O3S. The molecule has 1 aliphatic rings. The van der Waals surface area contributed by atoms with Crippen molar-refractivity contribution in [3.8, 4) is 21.8 Å². The second-order valence-corrected chi connectivity index (χ2v) is 11.1. The van der Waals surface area contributed by atoms with Crippen molar-refractivity contribution in [1.82, 2.24) is 10.3 Å². The molecule has 39 heavy (non-hydrogen) atoms. The van der Waals surface area contributed by atoms with Gasteiger partial charge in [-0.1, -0.05) is 47.5 Å². The van der Waals surface area contributed by atoms with Crippen molar-refractivity contribution in [1.29, 1.82) is 0 Å². The van der Waals surface area contributed by atoms with Crippen molar-refractivity contribution in [3.63, 3.8) is 0 Å². The predicted octanol–water partition coefficient (Wildman–Crippen LogP) is 7.48. The number of carboxylic acid groups (broad SMARTS) is 1. The van der Waals surface area contributed by atoms with Crippen LogP contribution < -0.4 is 10.6 Å². The summed E-state index contributed by atoms with van der Waals surface area (Å²) in [6, 6.07) is 17.3. The topological polar surface area (TPSA) is 91.3 Å². The summed E-state index contributed by atoms with van der Waals surface area (Å²) >= 11 is 14.0. The van der Waals surface area contributed by atoms with Crippen molar-refractivity contribution in [2.75, 3.05) is 11.9 Å². The van der Waals surface area contributed by atoms with Gasteiger partial charge in [0.15, 0.2) is 0 Å². The van der Waals surface area contributed by atoms with Crippen LogP contribution in [0, 0.1) is 0 Å². The highest BCUT2D eigenvalue weighted by molar-refractivity contribution is 7.13. The molecule has 0 saturated heterocycles. The normalized spacial score (nSPS) is 12.6. The van der Waals surface area contributed by atoms with Gasteiger partial charge in [-0.05, 0) is 72.7 Å². The average molecular weight is 581 g/mol. The fourth-order valence-electron chi connectivity index (χ4n) is 4.75. The maximum Gasteiger partial charge on any atom is 0.305 e. The van der Waals surface area contributed by atoms with Crippen molar-refractivity contribution in [2.45, 2.75) is 38.6 Å². The Morgan fingerprint density at radius 1 is 0.974 bits per heavy atom. The van der Waals surface area contributed by atoms with E-state index in [4.69, 9.17) is 33.3 Å². The lowest BCUT2D eigenvalue weighted by Crippen LogP contribution is -2.25. The van der Waals surface area contributed by atoms with E-state index in [1.807, 2.05) is 24.3 Å². The van der Waals surface area contributed by atoms with E-state index >= 15 is 0 Å². The molecule has 0 atom stereocenters.